The van der Waals surface area contributed by atoms with Crippen molar-refractivity contribution >= 4 is 11.3 Å². The molecular weight excluding hydrogens is 254 g/mol. The number of aromatic nitrogens is 2. The number of hydrogen-bond donors (Lipinski definition) is 0. The van der Waals surface area contributed by atoms with Crippen LogP contribution in [0.5, 0.6) is 0 Å². The Bertz CT molecular complexity index is 503. The van der Waals surface area contributed by atoms with Gasteiger partial charge in [0.1, 0.15) is 5.82 Å². The first kappa shape index (κ1) is 12.9. The highest BCUT2D eigenvalue weighted by Gasteiger charge is 2.21. The van der Waals surface area contributed by atoms with Crippen LogP contribution in [0.4, 0.5) is 0 Å². The summed E-state index contributed by atoms with van der Waals surface area (Å²) >= 11 is 1.87. The van der Waals surface area contributed by atoms with Crippen molar-refractivity contribution in [3.63, 3.8) is 0 Å². The third kappa shape index (κ3) is 3.25. The van der Waals surface area contributed by atoms with Crippen LogP contribution in [-0.4, -0.2) is 27.5 Å². The van der Waals surface area contributed by atoms with Crippen LogP contribution in [0.1, 0.15) is 23.5 Å². The zero-order valence-electron chi connectivity index (χ0n) is 11.5. The molecule has 4 heteroatoms. The van der Waals surface area contributed by atoms with E-state index in [1.165, 1.54) is 36.6 Å². The van der Waals surface area contributed by atoms with Gasteiger partial charge in [-0.15, -0.1) is 11.3 Å². The summed E-state index contributed by atoms with van der Waals surface area (Å²) in [6.07, 6.45) is 7.72. The van der Waals surface area contributed by atoms with Gasteiger partial charge in [-0.3, -0.25) is 4.90 Å². The van der Waals surface area contributed by atoms with Crippen molar-refractivity contribution in [2.24, 2.45) is 13.0 Å². The quantitative estimate of drug-likeness (QED) is 0.855. The molecule has 0 bridgehead atoms. The molecule has 0 saturated carbocycles. The van der Waals surface area contributed by atoms with E-state index < -0.39 is 0 Å². The van der Waals surface area contributed by atoms with Gasteiger partial charge in [-0.25, -0.2) is 4.98 Å². The maximum Gasteiger partial charge on any atom is 0.108 e. The molecule has 0 radical (unpaired) electrons. The number of likely N-dealkylation sites (tertiary alicyclic amines) is 1. The van der Waals surface area contributed by atoms with Crippen molar-refractivity contribution in [1.29, 1.82) is 0 Å². The van der Waals surface area contributed by atoms with Crippen LogP contribution in [0.25, 0.3) is 0 Å². The van der Waals surface area contributed by atoms with Crippen molar-refractivity contribution < 1.29 is 0 Å². The molecule has 1 aliphatic rings. The summed E-state index contributed by atoms with van der Waals surface area (Å²) in [4.78, 5) is 8.54. The minimum atomic E-state index is 0.759. The van der Waals surface area contributed by atoms with Crippen molar-refractivity contribution in [2.75, 3.05) is 13.1 Å². The Morgan fingerprint density at radius 3 is 3.16 bits per heavy atom. The van der Waals surface area contributed by atoms with Crippen molar-refractivity contribution in [2.45, 2.75) is 25.8 Å². The molecule has 0 amide bonds. The smallest absolute Gasteiger partial charge is 0.108 e. The Morgan fingerprint density at radius 1 is 1.47 bits per heavy atom. The molecule has 1 saturated heterocycles. The molecular formula is C15H21N3S. The highest BCUT2D eigenvalue weighted by atomic mass is 32.1. The van der Waals surface area contributed by atoms with Crippen molar-refractivity contribution in [3.8, 4) is 0 Å². The van der Waals surface area contributed by atoms with E-state index in [-0.39, 0.29) is 0 Å². The molecule has 3 rings (SSSR count). The molecule has 1 atom stereocenters. The largest absolute Gasteiger partial charge is 0.338 e. The average molecular weight is 275 g/mol. The molecule has 102 valence electrons. The van der Waals surface area contributed by atoms with Crippen LogP contribution < -0.4 is 0 Å². The number of thiophene rings is 1. The second-order valence-corrected chi connectivity index (χ2v) is 6.51. The maximum absolute atomic E-state index is 4.46. The number of piperidine rings is 1. The van der Waals surface area contributed by atoms with Gasteiger partial charge in [0.05, 0.1) is 0 Å². The lowest BCUT2D eigenvalue weighted by Crippen LogP contribution is -2.35. The SMILES string of the molecule is Cn1ccnc1C[C@@H]1CCCN(Cc2cccs2)C1. The Kier molecular flexibility index (Phi) is 3.99. The first-order valence-electron chi connectivity index (χ1n) is 7.02. The molecule has 2 aromatic heterocycles. The van der Waals surface area contributed by atoms with Gasteiger partial charge < -0.3 is 4.57 Å². The molecule has 0 aliphatic carbocycles. The lowest BCUT2D eigenvalue weighted by Gasteiger charge is -2.32. The number of aryl methyl sites for hydroxylation is 1. The van der Waals surface area contributed by atoms with Crippen LogP contribution in [0.15, 0.2) is 29.9 Å². The van der Waals surface area contributed by atoms with E-state index in [1.54, 1.807) is 0 Å². The Morgan fingerprint density at radius 2 is 2.42 bits per heavy atom. The lowest BCUT2D eigenvalue weighted by atomic mass is 9.94. The molecule has 0 unspecified atom stereocenters. The summed E-state index contributed by atoms with van der Waals surface area (Å²) in [5, 5.41) is 2.17. The monoisotopic (exact) mass is 275 g/mol. The summed E-state index contributed by atoms with van der Waals surface area (Å²) in [5.41, 5.74) is 0. The van der Waals surface area contributed by atoms with Crippen LogP contribution >= 0.6 is 11.3 Å². The van der Waals surface area contributed by atoms with Gasteiger partial charge >= 0.3 is 0 Å². The van der Waals surface area contributed by atoms with E-state index in [4.69, 9.17) is 0 Å². The fraction of sp³-hybridized carbons (Fsp3) is 0.533. The fourth-order valence-corrected chi connectivity index (χ4v) is 3.68. The van der Waals surface area contributed by atoms with Crippen LogP contribution in [0.2, 0.25) is 0 Å². The first-order chi connectivity index (χ1) is 9.31. The van der Waals surface area contributed by atoms with Crippen LogP contribution in [0, 0.1) is 5.92 Å². The Balaban J connectivity index is 1.57. The highest BCUT2D eigenvalue weighted by Crippen LogP contribution is 2.22. The third-order valence-electron chi connectivity index (χ3n) is 3.95. The molecule has 2 aromatic rings. The van der Waals surface area contributed by atoms with E-state index in [2.05, 4.69) is 39.0 Å². The first-order valence-corrected chi connectivity index (χ1v) is 7.90. The predicted molar refractivity (Wildman–Crippen MR) is 79.2 cm³/mol. The second-order valence-electron chi connectivity index (χ2n) is 5.48. The summed E-state index contributed by atoms with van der Waals surface area (Å²) in [7, 11) is 2.09. The third-order valence-corrected chi connectivity index (χ3v) is 4.82. The zero-order chi connectivity index (χ0) is 13.1. The maximum atomic E-state index is 4.46. The Hall–Kier alpha value is -1.13. The van der Waals surface area contributed by atoms with Gasteiger partial charge in [-0.05, 0) is 36.8 Å². The fourth-order valence-electron chi connectivity index (χ4n) is 2.94. The molecule has 19 heavy (non-hydrogen) atoms. The number of nitrogens with zero attached hydrogens (tertiary/aromatic N) is 3. The van der Waals surface area contributed by atoms with E-state index in [0.717, 1.165) is 18.9 Å². The van der Waals surface area contributed by atoms with Gasteiger partial charge in [0.15, 0.2) is 0 Å². The Labute approximate surface area is 118 Å². The molecule has 3 nitrogen and oxygen atoms in total. The molecule has 0 spiro atoms. The van der Waals surface area contributed by atoms with E-state index in [1.807, 2.05) is 23.7 Å². The van der Waals surface area contributed by atoms with E-state index >= 15 is 0 Å². The number of rotatable bonds is 4. The van der Waals surface area contributed by atoms with Crippen LogP contribution in [0.3, 0.4) is 0 Å². The minimum Gasteiger partial charge on any atom is -0.338 e. The zero-order valence-corrected chi connectivity index (χ0v) is 12.3. The van der Waals surface area contributed by atoms with Gasteiger partial charge in [0.2, 0.25) is 0 Å². The standard InChI is InChI=1S/C15H21N3S/c1-17-8-6-16-15(17)10-13-4-2-7-18(11-13)12-14-5-3-9-19-14/h3,5-6,8-9,13H,2,4,7,10-12H2,1H3/t13-/m0/s1. The predicted octanol–water partition coefficient (Wildman–Crippen LogP) is 2.94. The van der Waals surface area contributed by atoms with Gasteiger partial charge in [-0.2, -0.15) is 0 Å². The van der Waals surface area contributed by atoms with Gasteiger partial charge in [0, 0.05) is 43.8 Å². The minimum absolute atomic E-state index is 0.759. The summed E-state index contributed by atoms with van der Waals surface area (Å²) in [6, 6.07) is 4.39. The van der Waals surface area contributed by atoms with E-state index in [0.29, 0.717) is 0 Å². The lowest BCUT2D eigenvalue weighted by molar-refractivity contribution is 0.166. The summed E-state index contributed by atoms with van der Waals surface area (Å²) in [6.45, 7) is 3.58. The van der Waals surface area contributed by atoms with Crippen molar-refractivity contribution in [1.82, 2.24) is 14.5 Å². The molecule has 0 aromatic carbocycles. The second kappa shape index (κ2) is 5.88. The van der Waals surface area contributed by atoms with Gasteiger partial charge in [-0.1, -0.05) is 6.07 Å². The molecule has 0 N–H and O–H groups in total. The molecule has 1 fully saturated rings. The van der Waals surface area contributed by atoms with E-state index in [9.17, 15) is 0 Å². The summed E-state index contributed by atoms with van der Waals surface area (Å²) < 4.78 is 2.15. The molecule has 1 aliphatic heterocycles. The molecule has 3 heterocycles. The van der Waals surface area contributed by atoms with Crippen molar-refractivity contribution in [3.05, 3.63) is 40.6 Å². The highest BCUT2D eigenvalue weighted by molar-refractivity contribution is 7.09. The number of hydrogen-bond acceptors (Lipinski definition) is 3. The average Bonchev–Trinajstić information content (AvgIpc) is 3.03. The normalized spacial score (nSPS) is 20.8. The topological polar surface area (TPSA) is 21.1 Å². The summed E-state index contributed by atoms with van der Waals surface area (Å²) in [5.74, 6) is 1.98. The number of imidazole rings is 1. The van der Waals surface area contributed by atoms with Gasteiger partial charge in [0.25, 0.3) is 0 Å². The van der Waals surface area contributed by atoms with Crippen LogP contribution in [-0.2, 0) is 20.0 Å².